The molecule has 2 rings (SSSR count). The predicted molar refractivity (Wildman–Crippen MR) is 64.8 cm³/mol. The fraction of sp³-hybridized carbons (Fsp3) is 0.231. The summed E-state index contributed by atoms with van der Waals surface area (Å²) in [5.74, 6) is 0.364. The highest BCUT2D eigenvalue weighted by Gasteiger charge is 2.30. The van der Waals surface area contributed by atoms with Gasteiger partial charge in [-0.15, -0.1) is 0 Å². The van der Waals surface area contributed by atoms with Gasteiger partial charge in [-0.1, -0.05) is 12.1 Å². The van der Waals surface area contributed by atoms with Gasteiger partial charge in [-0.25, -0.2) is 4.98 Å². The van der Waals surface area contributed by atoms with E-state index in [4.69, 9.17) is 0 Å². The van der Waals surface area contributed by atoms with Crippen LogP contribution in [0.2, 0.25) is 0 Å². The molecule has 1 aromatic heterocycles. The summed E-state index contributed by atoms with van der Waals surface area (Å²) >= 11 is 0. The van der Waals surface area contributed by atoms with Crippen molar-refractivity contribution in [2.75, 3.05) is 0 Å². The van der Waals surface area contributed by atoms with Crippen LogP contribution in [0, 0.1) is 13.8 Å². The lowest BCUT2D eigenvalue weighted by Gasteiger charge is -2.10. The molecule has 0 saturated carbocycles. The molecule has 0 aliphatic carbocycles. The van der Waals surface area contributed by atoms with E-state index in [0.717, 1.165) is 12.1 Å². The standard InChI is InChI=1S/C13H11F3N2O/c1-7-11(17-8(2)18-12(7)19)9-4-3-5-10(6-9)13(14,15)16/h3-6H,1-2H3,(H,17,18,19). The van der Waals surface area contributed by atoms with E-state index >= 15 is 0 Å². The molecule has 0 spiro atoms. The summed E-state index contributed by atoms with van der Waals surface area (Å²) in [5, 5.41) is 0. The summed E-state index contributed by atoms with van der Waals surface area (Å²) < 4.78 is 38.0. The first-order valence-electron chi connectivity index (χ1n) is 5.54. The lowest BCUT2D eigenvalue weighted by molar-refractivity contribution is -0.137. The first kappa shape index (κ1) is 13.3. The minimum atomic E-state index is -4.42. The molecule has 0 atom stereocenters. The SMILES string of the molecule is Cc1nc(-c2cccc(C(F)(F)F)c2)c(C)c(=O)[nH]1. The first-order chi connectivity index (χ1) is 8.79. The minimum Gasteiger partial charge on any atom is -0.311 e. The maximum absolute atomic E-state index is 12.7. The van der Waals surface area contributed by atoms with Gasteiger partial charge in [0.2, 0.25) is 0 Å². The Bertz CT molecular complexity index is 674. The maximum atomic E-state index is 12.7. The molecule has 0 saturated heterocycles. The Kier molecular flexibility index (Phi) is 3.18. The van der Waals surface area contributed by atoms with Crippen molar-refractivity contribution in [3.05, 3.63) is 51.6 Å². The highest BCUT2D eigenvalue weighted by atomic mass is 19.4. The van der Waals surface area contributed by atoms with Crippen molar-refractivity contribution in [1.82, 2.24) is 9.97 Å². The number of nitrogens with one attached hydrogen (secondary N) is 1. The van der Waals surface area contributed by atoms with Crippen LogP contribution in [0.5, 0.6) is 0 Å². The summed E-state index contributed by atoms with van der Waals surface area (Å²) in [4.78, 5) is 18.2. The van der Waals surface area contributed by atoms with Crippen LogP contribution in [0.15, 0.2) is 29.1 Å². The number of aryl methyl sites for hydroxylation is 1. The molecule has 3 nitrogen and oxygen atoms in total. The molecular weight excluding hydrogens is 257 g/mol. The van der Waals surface area contributed by atoms with Crippen LogP contribution < -0.4 is 5.56 Å². The Balaban J connectivity index is 2.63. The molecule has 0 bridgehead atoms. The number of hydrogen-bond acceptors (Lipinski definition) is 2. The van der Waals surface area contributed by atoms with E-state index in [1.807, 2.05) is 0 Å². The number of H-pyrrole nitrogens is 1. The van der Waals surface area contributed by atoms with Crippen molar-refractivity contribution in [3.8, 4) is 11.3 Å². The van der Waals surface area contributed by atoms with Gasteiger partial charge in [0.15, 0.2) is 0 Å². The molecule has 0 radical (unpaired) electrons. The van der Waals surface area contributed by atoms with Gasteiger partial charge in [0.1, 0.15) is 5.82 Å². The van der Waals surface area contributed by atoms with Gasteiger partial charge < -0.3 is 4.98 Å². The quantitative estimate of drug-likeness (QED) is 0.863. The van der Waals surface area contributed by atoms with Crippen molar-refractivity contribution in [2.45, 2.75) is 20.0 Å². The predicted octanol–water partition coefficient (Wildman–Crippen LogP) is 3.07. The zero-order chi connectivity index (χ0) is 14.2. The zero-order valence-electron chi connectivity index (χ0n) is 10.3. The topological polar surface area (TPSA) is 45.8 Å². The Morgan fingerprint density at radius 2 is 1.89 bits per heavy atom. The van der Waals surface area contributed by atoms with Crippen LogP contribution in [-0.2, 0) is 6.18 Å². The second-order valence-corrected chi connectivity index (χ2v) is 4.20. The number of alkyl halides is 3. The Morgan fingerprint density at radius 1 is 1.21 bits per heavy atom. The Hall–Kier alpha value is -2.11. The molecule has 19 heavy (non-hydrogen) atoms. The molecule has 1 aromatic carbocycles. The molecule has 2 aromatic rings. The molecule has 1 N–H and O–H groups in total. The van der Waals surface area contributed by atoms with Gasteiger partial charge >= 0.3 is 6.18 Å². The molecule has 6 heteroatoms. The lowest BCUT2D eigenvalue weighted by Crippen LogP contribution is -2.14. The molecule has 0 aliphatic rings. The fourth-order valence-corrected chi connectivity index (χ4v) is 1.77. The van der Waals surface area contributed by atoms with Gasteiger partial charge in [-0.05, 0) is 26.0 Å². The van der Waals surface area contributed by atoms with Crippen LogP contribution in [0.1, 0.15) is 17.0 Å². The highest BCUT2D eigenvalue weighted by molar-refractivity contribution is 5.63. The van der Waals surface area contributed by atoms with Crippen LogP contribution in [0.4, 0.5) is 13.2 Å². The van der Waals surface area contributed by atoms with E-state index in [0.29, 0.717) is 11.4 Å². The van der Waals surface area contributed by atoms with Gasteiger partial charge in [-0.2, -0.15) is 13.2 Å². The third-order valence-electron chi connectivity index (χ3n) is 2.73. The number of rotatable bonds is 1. The number of aromatic nitrogens is 2. The van der Waals surface area contributed by atoms with Crippen LogP contribution in [0.3, 0.4) is 0 Å². The van der Waals surface area contributed by atoms with E-state index in [-0.39, 0.29) is 16.8 Å². The second kappa shape index (κ2) is 4.53. The average Bonchev–Trinajstić information content (AvgIpc) is 2.33. The van der Waals surface area contributed by atoms with Crippen molar-refractivity contribution >= 4 is 0 Å². The Morgan fingerprint density at radius 3 is 2.53 bits per heavy atom. The molecule has 0 aliphatic heterocycles. The maximum Gasteiger partial charge on any atom is 0.416 e. The summed E-state index contributed by atoms with van der Waals surface area (Å²) in [6, 6.07) is 4.78. The Labute approximate surface area is 107 Å². The number of nitrogens with zero attached hydrogens (tertiary/aromatic N) is 1. The minimum absolute atomic E-state index is 0.271. The molecular formula is C13H11F3N2O. The molecule has 1 heterocycles. The first-order valence-corrected chi connectivity index (χ1v) is 5.54. The van der Waals surface area contributed by atoms with E-state index in [1.54, 1.807) is 6.92 Å². The number of hydrogen-bond donors (Lipinski definition) is 1. The summed E-state index contributed by atoms with van der Waals surface area (Å²) in [6.07, 6.45) is -4.42. The summed E-state index contributed by atoms with van der Waals surface area (Å²) in [5.41, 5.74) is -0.261. The van der Waals surface area contributed by atoms with E-state index in [9.17, 15) is 18.0 Å². The van der Waals surface area contributed by atoms with Gasteiger partial charge in [0.05, 0.1) is 11.3 Å². The van der Waals surface area contributed by atoms with Gasteiger partial charge in [0.25, 0.3) is 5.56 Å². The highest BCUT2D eigenvalue weighted by Crippen LogP contribution is 2.31. The average molecular weight is 268 g/mol. The van der Waals surface area contributed by atoms with Crippen LogP contribution in [0.25, 0.3) is 11.3 Å². The van der Waals surface area contributed by atoms with Crippen molar-refractivity contribution < 1.29 is 13.2 Å². The third-order valence-corrected chi connectivity index (χ3v) is 2.73. The van der Waals surface area contributed by atoms with E-state index in [1.165, 1.54) is 19.1 Å². The number of benzene rings is 1. The third kappa shape index (κ3) is 2.67. The second-order valence-electron chi connectivity index (χ2n) is 4.20. The van der Waals surface area contributed by atoms with Crippen LogP contribution in [-0.4, -0.2) is 9.97 Å². The van der Waals surface area contributed by atoms with Crippen molar-refractivity contribution in [2.24, 2.45) is 0 Å². The zero-order valence-corrected chi connectivity index (χ0v) is 10.3. The normalized spacial score (nSPS) is 11.6. The molecule has 0 fully saturated rings. The van der Waals surface area contributed by atoms with E-state index < -0.39 is 11.7 Å². The monoisotopic (exact) mass is 268 g/mol. The molecule has 100 valence electrons. The van der Waals surface area contributed by atoms with Gasteiger partial charge in [0, 0.05) is 11.1 Å². The van der Waals surface area contributed by atoms with Crippen LogP contribution >= 0.6 is 0 Å². The number of halogens is 3. The summed E-state index contributed by atoms with van der Waals surface area (Å²) in [7, 11) is 0. The molecule has 0 unspecified atom stereocenters. The fourth-order valence-electron chi connectivity index (χ4n) is 1.77. The van der Waals surface area contributed by atoms with Crippen molar-refractivity contribution in [1.29, 1.82) is 0 Å². The summed E-state index contributed by atoms with van der Waals surface area (Å²) in [6.45, 7) is 3.11. The smallest absolute Gasteiger partial charge is 0.311 e. The lowest BCUT2D eigenvalue weighted by atomic mass is 10.0. The van der Waals surface area contributed by atoms with Gasteiger partial charge in [-0.3, -0.25) is 4.79 Å². The van der Waals surface area contributed by atoms with E-state index in [2.05, 4.69) is 9.97 Å². The largest absolute Gasteiger partial charge is 0.416 e. The van der Waals surface area contributed by atoms with Crippen molar-refractivity contribution in [3.63, 3.8) is 0 Å². The molecule has 0 amide bonds. The number of aromatic amines is 1.